The summed E-state index contributed by atoms with van der Waals surface area (Å²) in [5.74, 6) is 0. The quantitative estimate of drug-likeness (QED) is 0.468. The second kappa shape index (κ2) is 6.92. The largest absolute Gasteiger partial charge is 0.306 e. The zero-order valence-corrected chi connectivity index (χ0v) is 16.3. The Bertz CT molecular complexity index is 719. The van der Waals surface area contributed by atoms with Crippen LogP contribution in [0.5, 0.6) is 0 Å². The average molecular weight is 445 g/mol. The highest BCUT2D eigenvalue weighted by Crippen LogP contribution is 2.38. The molecule has 0 radical (unpaired) electrons. The van der Waals surface area contributed by atoms with E-state index >= 15 is 0 Å². The summed E-state index contributed by atoms with van der Waals surface area (Å²) in [5.41, 5.74) is 1.28. The van der Waals surface area contributed by atoms with E-state index in [4.69, 9.17) is 0 Å². The minimum absolute atomic E-state index is 0.237. The van der Waals surface area contributed by atoms with Gasteiger partial charge in [-0.3, -0.25) is 0 Å². The maximum absolute atomic E-state index is 3.70. The van der Waals surface area contributed by atoms with E-state index in [2.05, 4.69) is 79.8 Å². The molecule has 5 heteroatoms. The number of thiophene rings is 2. The fourth-order valence-corrected chi connectivity index (χ4v) is 5.38. The Balaban J connectivity index is 2.04. The third kappa shape index (κ3) is 3.42. The van der Waals surface area contributed by atoms with Crippen molar-refractivity contribution in [2.24, 2.45) is 0 Å². The number of rotatable bonds is 5. The first-order valence-corrected chi connectivity index (χ1v) is 10.1. The van der Waals surface area contributed by atoms with Gasteiger partial charge in [-0.15, -0.1) is 22.7 Å². The van der Waals surface area contributed by atoms with Gasteiger partial charge in [0.05, 0.1) is 6.04 Å². The molecule has 2 heterocycles. The van der Waals surface area contributed by atoms with Crippen molar-refractivity contribution in [2.75, 3.05) is 6.54 Å². The zero-order valence-electron chi connectivity index (χ0n) is 11.5. The van der Waals surface area contributed by atoms with Gasteiger partial charge >= 0.3 is 0 Å². The first kappa shape index (κ1) is 15.7. The van der Waals surface area contributed by atoms with Gasteiger partial charge in [0.1, 0.15) is 0 Å². The lowest BCUT2D eigenvalue weighted by molar-refractivity contribution is 0.604. The lowest BCUT2D eigenvalue weighted by atomic mass is 10.1. The standard InChI is InChI=1S/C16H15Br2NS2/c1-2-6-19-16(11-8-10(17)3-4-12(11)18)15-9-14-13(21-15)5-7-20-14/h3-5,7-9,16,19H,2,6H2,1H3. The topological polar surface area (TPSA) is 12.0 Å². The Morgan fingerprint density at radius 1 is 1.14 bits per heavy atom. The second-order valence-corrected chi connectivity index (χ2v) is 8.68. The van der Waals surface area contributed by atoms with Gasteiger partial charge in [0, 0.05) is 23.2 Å². The van der Waals surface area contributed by atoms with Crippen LogP contribution in [0.15, 0.2) is 44.7 Å². The molecule has 3 aromatic rings. The van der Waals surface area contributed by atoms with E-state index in [-0.39, 0.29) is 6.04 Å². The molecule has 3 rings (SSSR count). The van der Waals surface area contributed by atoms with Crippen LogP contribution in [0.25, 0.3) is 9.40 Å². The summed E-state index contributed by atoms with van der Waals surface area (Å²) in [5, 5.41) is 5.85. The van der Waals surface area contributed by atoms with E-state index in [1.54, 1.807) is 0 Å². The molecule has 110 valence electrons. The van der Waals surface area contributed by atoms with Crippen LogP contribution < -0.4 is 5.32 Å². The molecular weight excluding hydrogens is 430 g/mol. The number of nitrogens with one attached hydrogen (secondary N) is 1. The Kier molecular flexibility index (Phi) is 5.17. The van der Waals surface area contributed by atoms with Crippen LogP contribution in [-0.2, 0) is 0 Å². The highest BCUT2D eigenvalue weighted by molar-refractivity contribution is 9.11. The number of halogens is 2. The number of hydrogen-bond donors (Lipinski definition) is 1. The number of fused-ring (bicyclic) bond motifs is 1. The molecule has 1 N–H and O–H groups in total. The van der Waals surface area contributed by atoms with Crippen molar-refractivity contribution in [3.05, 3.63) is 55.1 Å². The third-order valence-electron chi connectivity index (χ3n) is 3.31. The lowest BCUT2D eigenvalue weighted by Crippen LogP contribution is -2.22. The fourth-order valence-electron chi connectivity index (χ4n) is 2.32. The van der Waals surface area contributed by atoms with Crippen LogP contribution in [0.3, 0.4) is 0 Å². The normalized spacial score (nSPS) is 12.9. The molecule has 0 aliphatic rings. The molecule has 0 saturated carbocycles. The Hall–Kier alpha value is -0.200. The van der Waals surface area contributed by atoms with E-state index in [1.165, 1.54) is 19.8 Å². The summed E-state index contributed by atoms with van der Waals surface area (Å²) < 4.78 is 5.02. The minimum atomic E-state index is 0.237. The van der Waals surface area contributed by atoms with E-state index < -0.39 is 0 Å². The molecule has 0 saturated heterocycles. The van der Waals surface area contributed by atoms with Crippen LogP contribution in [-0.4, -0.2) is 6.54 Å². The molecule has 1 aromatic carbocycles. The van der Waals surface area contributed by atoms with Gasteiger partial charge in [0.2, 0.25) is 0 Å². The molecule has 1 atom stereocenters. The Labute approximate surface area is 149 Å². The lowest BCUT2D eigenvalue weighted by Gasteiger charge is -2.19. The van der Waals surface area contributed by atoms with E-state index in [0.717, 1.165) is 21.9 Å². The van der Waals surface area contributed by atoms with Crippen molar-refractivity contribution in [3.8, 4) is 0 Å². The second-order valence-electron chi connectivity index (χ2n) is 4.85. The van der Waals surface area contributed by atoms with Crippen LogP contribution >= 0.6 is 54.5 Å². The molecule has 0 amide bonds. The molecule has 0 aliphatic heterocycles. The van der Waals surface area contributed by atoms with E-state index in [0.29, 0.717) is 0 Å². The molecular formula is C16H15Br2NS2. The van der Waals surface area contributed by atoms with Gasteiger partial charge < -0.3 is 5.32 Å². The molecule has 1 unspecified atom stereocenters. The fraction of sp³-hybridized carbons (Fsp3) is 0.250. The van der Waals surface area contributed by atoms with Crippen molar-refractivity contribution in [1.82, 2.24) is 5.32 Å². The monoisotopic (exact) mass is 443 g/mol. The molecule has 2 aromatic heterocycles. The number of benzene rings is 1. The highest BCUT2D eigenvalue weighted by atomic mass is 79.9. The minimum Gasteiger partial charge on any atom is -0.306 e. The van der Waals surface area contributed by atoms with Crippen LogP contribution in [0, 0.1) is 0 Å². The predicted octanol–water partition coefficient (Wildman–Crippen LogP) is 6.58. The summed E-state index contributed by atoms with van der Waals surface area (Å²) in [4.78, 5) is 1.38. The summed E-state index contributed by atoms with van der Waals surface area (Å²) in [7, 11) is 0. The van der Waals surface area contributed by atoms with Crippen molar-refractivity contribution in [1.29, 1.82) is 0 Å². The SMILES string of the molecule is CCCNC(c1cc2sccc2s1)c1cc(Br)ccc1Br. The van der Waals surface area contributed by atoms with E-state index in [9.17, 15) is 0 Å². The summed E-state index contributed by atoms with van der Waals surface area (Å²) in [6, 6.07) is 11.1. The van der Waals surface area contributed by atoms with Crippen molar-refractivity contribution >= 4 is 63.9 Å². The van der Waals surface area contributed by atoms with Crippen LogP contribution in [0.2, 0.25) is 0 Å². The maximum Gasteiger partial charge on any atom is 0.0683 e. The summed E-state index contributed by atoms with van der Waals surface area (Å²) >= 11 is 11.0. The average Bonchev–Trinajstić information content (AvgIpc) is 3.04. The van der Waals surface area contributed by atoms with Crippen molar-refractivity contribution < 1.29 is 0 Å². The van der Waals surface area contributed by atoms with Gasteiger partial charge in [-0.1, -0.05) is 38.8 Å². The van der Waals surface area contributed by atoms with Crippen LogP contribution in [0.4, 0.5) is 0 Å². The summed E-state index contributed by atoms with van der Waals surface area (Å²) in [6.07, 6.45) is 1.13. The molecule has 0 aliphatic carbocycles. The van der Waals surface area contributed by atoms with Crippen LogP contribution in [0.1, 0.15) is 29.8 Å². The van der Waals surface area contributed by atoms with Crippen molar-refractivity contribution in [3.63, 3.8) is 0 Å². The Morgan fingerprint density at radius 3 is 2.76 bits per heavy atom. The van der Waals surface area contributed by atoms with Crippen molar-refractivity contribution in [2.45, 2.75) is 19.4 Å². The molecule has 21 heavy (non-hydrogen) atoms. The van der Waals surface area contributed by atoms with Gasteiger partial charge in [0.15, 0.2) is 0 Å². The maximum atomic E-state index is 3.70. The summed E-state index contributed by atoms with van der Waals surface area (Å²) in [6.45, 7) is 3.21. The van der Waals surface area contributed by atoms with E-state index in [1.807, 2.05) is 22.7 Å². The van der Waals surface area contributed by atoms with Gasteiger partial charge in [-0.05, 0) is 54.2 Å². The Morgan fingerprint density at radius 2 is 2.00 bits per heavy atom. The molecule has 0 bridgehead atoms. The zero-order chi connectivity index (χ0) is 14.8. The van der Waals surface area contributed by atoms with Gasteiger partial charge in [0.25, 0.3) is 0 Å². The third-order valence-corrected chi connectivity index (χ3v) is 6.68. The highest BCUT2D eigenvalue weighted by Gasteiger charge is 2.19. The first-order chi connectivity index (χ1) is 10.2. The predicted molar refractivity (Wildman–Crippen MR) is 102 cm³/mol. The first-order valence-electron chi connectivity index (χ1n) is 6.84. The van der Waals surface area contributed by atoms with Gasteiger partial charge in [-0.25, -0.2) is 0 Å². The molecule has 0 fully saturated rings. The molecule has 1 nitrogen and oxygen atoms in total. The van der Waals surface area contributed by atoms with Gasteiger partial charge in [-0.2, -0.15) is 0 Å². The molecule has 0 spiro atoms. The smallest absolute Gasteiger partial charge is 0.0683 e. The number of hydrogen-bond acceptors (Lipinski definition) is 3.